The van der Waals surface area contributed by atoms with E-state index >= 15 is 0 Å². The third kappa shape index (κ3) is 4.02. The lowest BCUT2D eigenvalue weighted by molar-refractivity contribution is 0.226. The highest BCUT2D eigenvalue weighted by Crippen LogP contribution is 2.15. The smallest absolute Gasteiger partial charge is 0.00693 e. The molecule has 3 heteroatoms. The van der Waals surface area contributed by atoms with Crippen LogP contribution < -0.4 is 5.32 Å². The summed E-state index contributed by atoms with van der Waals surface area (Å²) in [5.41, 5.74) is 1.45. The van der Waals surface area contributed by atoms with Crippen molar-refractivity contribution in [2.24, 2.45) is 5.92 Å². The van der Waals surface area contributed by atoms with Gasteiger partial charge < -0.3 is 10.2 Å². The van der Waals surface area contributed by atoms with Crippen molar-refractivity contribution in [3.63, 3.8) is 0 Å². The molecule has 2 rings (SSSR count). The number of hydrogen-bond acceptors (Lipinski definition) is 3. The number of benzene rings is 1. The summed E-state index contributed by atoms with van der Waals surface area (Å²) in [5.74, 6) is 0.874. The molecule has 0 amide bonds. The molecule has 1 saturated heterocycles. The Morgan fingerprint density at radius 3 is 2.53 bits per heavy atom. The maximum absolute atomic E-state index is 3.32. The second kappa shape index (κ2) is 6.43. The largest absolute Gasteiger partial charge is 0.316 e. The molecule has 1 aliphatic heterocycles. The van der Waals surface area contributed by atoms with Crippen LogP contribution in [0.5, 0.6) is 0 Å². The number of nitrogens with zero attached hydrogens (tertiary/aromatic N) is 1. The first kappa shape index (κ1) is 12.9. The van der Waals surface area contributed by atoms with Crippen LogP contribution in [-0.2, 0) is 6.42 Å². The summed E-state index contributed by atoms with van der Waals surface area (Å²) in [5, 5.41) is 3.32. The topological polar surface area (TPSA) is 15.3 Å². The van der Waals surface area contributed by atoms with Crippen molar-refractivity contribution in [2.75, 3.05) is 39.5 Å². The van der Waals surface area contributed by atoms with Crippen LogP contribution in [-0.4, -0.2) is 44.4 Å². The molecule has 17 heavy (non-hydrogen) atoms. The molecule has 1 heterocycles. The number of likely N-dealkylation sites (N-methyl/N-ethyl adjacent to an activating group) is 1. The standard InChI is InChI=1S/C14H22N2S/c1-16(11-13-9-15-10-13)8-7-12-3-5-14(17-2)6-4-12/h3-6,13,15H,7-11H2,1-2H3. The Morgan fingerprint density at radius 2 is 2.00 bits per heavy atom. The summed E-state index contributed by atoms with van der Waals surface area (Å²) in [6.07, 6.45) is 3.28. The SMILES string of the molecule is CSc1ccc(CCN(C)CC2CNC2)cc1. The highest BCUT2D eigenvalue weighted by molar-refractivity contribution is 7.98. The Hall–Kier alpha value is -0.510. The van der Waals surface area contributed by atoms with E-state index in [0.717, 1.165) is 18.9 Å². The molecule has 94 valence electrons. The summed E-state index contributed by atoms with van der Waals surface area (Å²) in [6, 6.07) is 8.95. The molecule has 1 aromatic carbocycles. The first-order valence-corrected chi connectivity index (χ1v) is 7.52. The normalized spacial score (nSPS) is 16.2. The first-order chi connectivity index (χ1) is 8.28. The summed E-state index contributed by atoms with van der Waals surface area (Å²) in [6.45, 7) is 4.80. The van der Waals surface area contributed by atoms with E-state index in [1.165, 1.54) is 30.1 Å². The minimum atomic E-state index is 0.874. The van der Waals surface area contributed by atoms with E-state index in [1.807, 2.05) is 0 Å². The van der Waals surface area contributed by atoms with Crippen LogP contribution in [0.2, 0.25) is 0 Å². The molecule has 0 atom stereocenters. The van der Waals surface area contributed by atoms with Crippen molar-refractivity contribution < 1.29 is 0 Å². The van der Waals surface area contributed by atoms with Crippen LogP contribution in [0.3, 0.4) is 0 Å². The average molecular weight is 250 g/mol. The fraction of sp³-hybridized carbons (Fsp3) is 0.571. The molecular weight excluding hydrogens is 228 g/mol. The fourth-order valence-corrected chi connectivity index (χ4v) is 2.53. The molecule has 2 nitrogen and oxygen atoms in total. The van der Waals surface area contributed by atoms with Gasteiger partial charge in [-0.2, -0.15) is 0 Å². The van der Waals surface area contributed by atoms with E-state index in [0.29, 0.717) is 0 Å². The molecule has 1 N–H and O–H groups in total. The monoisotopic (exact) mass is 250 g/mol. The molecule has 0 radical (unpaired) electrons. The van der Waals surface area contributed by atoms with E-state index in [2.05, 4.69) is 47.8 Å². The maximum Gasteiger partial charge on any atom is 0.00693 e. The second-order valence-electron chi connectivity index (χ2n) is 4.88. The lowest BCUT2D eigenvalue weighted by Gasteiger charge is -2.31. The third-order valence-electron chi connectivity index (χ3n) is 3.38. The zero-order chi connectivity index (χ0) is 12.1. The van der Waals surface area contributed by atoms with Gasteiger partial charge in [0.2, 0.25) is 0 Å². The Labute approximate surface area is 109 Å². The number of thioether (sulfide) groups is 1. The zero-order valence-corrected chi connectivity index (χ0v) is 11.6. The molecular formula is C14H22N2S. The third-order valence-corrected chi connectivity index (χ3v) is 4.12. The minimum Gasteiger partial charge on any atom is -0.316 e. The summed E-state index contributed by atoms with van der Waals surface area (Å²) in [4.78, 5) is 3.80. The van der Waals surface area contributed by atoms with Gasteiger partial charge in [0.25, 0.3) is 0 Å². The maximum atomic E-state index is 3.32. The predicted molar refractivity (Wildman–Crippen MR) is 75.8 cm³/mol. The van der Waals surface area contributed by atoms with E-state index in [9.17, 15) is 0 Å². The lowest BCUT2D eigenvalue weighted by atomic mass is 10.0. The van der Waals surface area contributed by atoms with Crippen LogP contribution in [0.15, 0.2) is 29.2 Å². The van der Waals surface area contributed by atoms with Gasteiger partial charge >= 0.3 is 0 Å². The minimum absolute atomic E-state index is 0.874. The molecule has 1 fully saturated rings. The van der Waals surface area contributed by atoms with Gasteiger partial charge in [-0.25, -0.2) is 0 Å². The molecule has 0 saturated carbocycles. The van der Waals surface area contributed by atoms with Gasteiger partial charge in [-0.05, 0) is 43.3 Å². The van der Waals surface area contributed by atoms with Gasteiger partial charge in [-0.3, -0.25) is 0 Å². The van der Waals surface area contributed by atoms with Crippen molar-refractivity contribution in [3.8, 4) is 0 Å². The van der Waals surface area contributed by atoms with Crippen LogP contribution >= 0.6 is 11.8 Å². The molecule has 0 unspecified atom stereocenters. The highest BCUT2D eigenvalue weighted by atomic mass is 32.2. The number of rotatable bonds is 6. The van der Waals surface area contributed by atoms with E-state index in [1.54, 1.807) is 11.8 Å². The van der Waals surface area contributed by atoms with Crippen LogP contribution in [0, 0.1) is 5.92 Å². The Morgan fingerprint density at radius 1 is 1.29 bits per heavy atom. The molecule has 0 aromatic heterocycles. The summed E-state index contributed by atoms with van der Waals surface area (Å²) in [7, 11) is 2.23. The Kier molecular flexibility index (Phi) is 4.89. The zero-order valence-electron chi connectivity index (χ0n) is 10.8. The molecule has 1 aromatic rings. The molecule has 0 spiro atoms. The van der Waals surface area contributed by atoms with Gasteiger partial charge in [0.05, 0.1) is 0 Å². The fourth-order valence-electron chi connectivity index (χ4n) is 2.12. The lowest BCUT2D eigenvalue weighted by Crippen LogP contribution is -2.47. The van der Waals surface area contributed by atoms with Gasteiger partial charge in [0, 0.05) is 31.1 Å². The quantitative estimate of drug-likeness (QED) is 0.779. The highest BCUT2D eigenvalue weighted by Gasteiger charge is 2.17. The second-order valence-corrected chi connectivity index (χ2v) is 5.76. The Balaban J connectivity index is 1.72. The predicted octanol–water partition coefficient (Wildman–Crippen LogP) is 2.10. The Bertz CT molecular complexity index is 333. The molecule has 1 aliphatic rings. The van der Waals surface area contributed by atoms with Crippen molar-refractivity contribution in [1.82, 2.24) is 10.2 Å². The van der Waals surface area contributed by atoms with Gasteiger partial charge in [0.1, 0.15) is 0 Å². The van der Waals surface area contributed by atoms with Gasteiger partial charge in [0.15, 0.2) is 0 Å². The summed E-state index contributed by atoms with van der Waals surface area (Å²) >= 11 is 1.80. The summed E-state index contributed by atoms with van der Waals surface area (Å²) < 4.78 is 0. The molecule has 0 aliphatic carbocycles. The number of nitrogens with one attached hydrogen (secondary N) is 1. The van der Waals surface area contributed by atoms with Gasteiger partial charge in [-0.1, -0.05) is 12.1 Å². The van der Waals surface area contributed by atoms with Crippen LogP contribution in [0.4, 0.5) is 0 Å². The van der Waals surface area contributed by atoms with E-state index in [4.69, 9.17) is 0 Å². The van der Waals surface area contributed by atoms with Crippen molar-refractivity contribution in [3.05, 3.63) is 29.8 Å². The first-order valence-electron chi connectivity index (χ1n) is 6.30. The van der Waals surface area contributed by atoms with Gasteiger partial charge in [-0.15, -0.1) is 11.8 Å². The van der Waals surface area contributed by atoms with Crippen molar-refractivity contribution >= 4 is 11.8 Å². The molecule has 0 bridgehead atoms. The number of hydrogen-bond donors (Lipinski definition) is 1. The average Bonchev–Trinajstić information content (AvgIpc) is 2.32. The van der Waals surface area contributed by atoms with Crippen molar-refractivity contribution in [2.45, 2.75) is 11.3 Å². The van der Waals surface area contributed by atoms with E-state index < -0.39 is 0 Å². The van der Waals surface area contributed by atoms with Crippen molar-refractivity contribution in [1.29, 1.82) is 0 Å². The van der Waals surface area contributed by atoms with E-state index in [-0.39, 0.29) is 0 Å². The van der Waals surface area contributed by atoms with Crippen LogP contribution in [0.1, 0.15) is 5.56 Å². The van der Waals surface area contributed by atoms with Crippen LogP contribution in [0.25, 0.3) is 0 Å².